The number of alkyl halides is 2. The molecule has 1 aromatic carbocycles. The van der Waals surface area contributed by atoms with Crippen LogP contribution in [0.4, 0.5) is 13.2 Å². The van der Waals surface area contributed by atoms with Crippen LogP contribution in [0.2, 0.25) is 0 Å². The highest BCUT2D eigenvalue weighted by atomic mass is 19.3. The summed E-state index contributed by atoms with van der Waals surface area (Å²) in [6, 6.07) is 4.80. The third kappa shape index (κ3) is 3.23. The lowest BCUT2D eigenvalue weighted by Crippen LogP contribution is -2.34. The molecule has 0 heterocycles. The highest BCUT2D eigenvalue weighted by molar-refractivity contribution is 5.20. The van der Waals surface area contributed by atoms with E-state index in [-0.39, 0.29) is 5.82 Å². The van der Waals surface area contributed by atoms with E-state index in [0.29, 0.717) is 5.56 Å². The number of hydrogen-bond acceptors (Lipinski definition) is 1. The quantitative estimate of drug-likeness (QED) is 0.817. The first-order valence-electron chi connectivity index (χ1n) is 4.81. The van der Waals surface area contributed by atoms with Crippen LogP contribution in [0.15, 0.2) is 24.3 Å². The Bertz CT molecular complexity index is 314. The van der Waals surface area contributed by atoms with Gasteiger partial charge >= 0.3 is 0 Å². The van der Waals surface area contributed by atoms with Crippen molar-refractivity contribution in [1.29, 1.82) is 0 Å². The van der Waals surface area contributed by atoms with Crippen LogP contribution in [0.1, 0.15) is 25.5 Å². The molecule has 0 amide bonds. The van der Waals surface area contributed by atoms with E-state index < -0.39 is 18.5 Å². The standard InChI is InChI=1S/C11H14F3N/c1-7(15-8(2)11(13)14)9-5-3-4-6-10(9)12/h3-8,11,15H,1-2H3/t7-,8?/m1/s1. The molecule has 0 spiro atoms. The second-order valence-electron chi connectivity index (χ2n) is 3.53. The fourth-order valence-corrected chi connectivity index (χ4v) is 1.38. The van der Waals surface area contributed by atoms with E-state index in [1.165, 1.54) is 13.0 Å². The number of benzene rings is 1. The SMILES string of the molecule is CC(N[C@H](C)c1ccccc1F)C(F)F. The lowest BCUT2D eigenvalue weighted by Gasteiger charge is -2.20. The fraction of sp³-hybridized carbons (Fsp3) is 0.455. The summed E-state index contributed by atoms with van der Waals surface area (Å²) in [5.74, 6) is -0.376. The molecule has 2 atom stereocenters. The number of rotatable bonds is 4. The van der Waals surface area contributed by atoms with Gasteiger partial charge in [0.1, 0.15) is 5.82 Å². The van der Waals surface area contributed by atoms with Crippen LogP contribution in [-0.2, 0) is 0 Å². The van der Waals surface area contributed by atoms with Gasteiger partial charge in [-0.25, -0.2) is 13.2 Å². The molecule has 15 heavy (non-hydrogen) atoms. The lowest BCUT2D eigenvalue weighted by atomic mass is 10.1. The Balaban J connectivity index is 2.69. The fourth-order valence-electron chi connectivity index (χ4n) is 1.38. The molecule has 0 aliphatic rings. The molecule has 0 fully saturated rings. The second-order valence-corrected chi connectivity index (χ2v) is 3.53. The molecule has 0 aromatic heterocycles. The smallest absolute Gasteiger partial charge is 0.253 e. The lowest BCUT2D eigenvalue weighted by molar-refractivity contribution is 0.101. The van der Waals surface area contributed by atoms with Gasteiger partial charge in [-0.3, -0.25) is 0 Å². The number of nitrogens with one attached hydrogen (secondary N) is 1. The van der Waals surface area contributed by atoms with Crippen LogP contribution >= 0.6 is 0 Å². The Kier molecular flexibility index (Phi) is 4.15. The monoisotopic (exact) mass is 217 g/mol. The van der Waals surface area contributed by atoms with Crippen LogP contribution in [-0.4, -0.2) is 12.5 Å². The topological polar surface area (TPSA) is 12.0 Å². The van der Waals surface area contributed by atoms with Gasteiger partial charge < -0.3 is 5.32 Å². The maximum atomic E-state index is 13.3. The first-order valence-corrected chi connectivity index (χ1v) is 4.81. The minimum atomic E-state index is -2.45. The minimum absolute atomic E-state index is 0.376. The molecule has 1 unspecified atom stereocenters. The first-order chi connectivity index (χ1) is 7.02. The summed E-state index contributed by atoms with van der Waals surface area (Å²) >= 11 is 0. The van der Waals surface area contributed by atoms with Crippen LogP contribution in [0.5, 0.6) is 0 Å². The van der Waals surface area contributed by atoms with E-state index in [0.717, 1.165) is 0 Å². The first kappa shape index (κ1) is 12.0. The molecule has 4 heteroatoms. The zero-order chi connectivity index (χ0) is 11.4. The van der Waals surface area contributed by atoms with Gasteiger partial charge in [0.05, 0.1) is 6.04 Å². The Labute approximate surface area is 87.3 Å². The zero-order valence-corrected chi connectivity index (χ0v) is 8.68. The van der Waals surface area contributed by atoms with Crippen molar-refractivity contribution < 1.29 is 13.2 Å². The zero-order valence-electron chi connectivity index (χ0n) is 8.68. The van der Waals surface area contributed by atoms with Crippen molar-refractivity contribution >= 4 is 0 Å². The highest BCUT2D eigenvalue weighted by Crippen LogP contribution is 2.17. The molecule has 0 saturated carbocycles. The Morgan fingerprint density at radius 2 is 1.73 bits per heavy atom. The molecule has 84 valence electrons. The molecule has 0 aliphatic carbocycles. The number of hydrogen-bond donors (Lipinski definition) is 1. The summed E-state index contributed by atoms with van der Waals surface area (Å²) in [6.45, 7) is 3.04. The van der Waals surface area contributed by atoms with Crippen molar-refractivity contribution in [2.45, 2.75) is 32.4 Å². The average Bonchev–Trinajstić information content (AvgIpc) is 2.18. The van der Waals surface area contributed by atoms with Gasteiger partial charge in [0.2, 0.25) is 0 Å². The van der Waals surface area contributed by atoms with Gasteiger partial charge in [0, 0.05) is 11.6 Å². The van der Waals surface area contributed by atoms with Crippen molar-refractivity contribution in [2.75, 3.05) is 0 Å². The van der Waals surface area contributed by atoms with E-state index in [1.54, 1.807) is 25.1 Å². The summed E-state index contributed by atoms with van der Waals surface area (Å²) in [7, 11) is 0. The van der Waals surface area contributed by atoms with Crippen molar-refractivity contribution in [3.05, 3.63) is 35.6 Å². The van der Waals surface area contributed by atoms with E-state index in [1.807, 2.05) is 0 Å². The molecule has 1 N–H and O–H groups in total. The Morgan fingerprint density at radius 1 is 1.13 bits per heavy atom. The summed E-state index contributed by atoms with van der Waals surface area (Å²) in [5.41, 5.74) is 0.407. The van der Waals surface area contributed by atoms with Crippen molar-refractivity contribution in [3.8, 4) is 0 Å². The molecule has 0 radical (unpaired) electrons. The molecule has 1 nitrogen and oxygen atoms in total. The maximum absolute atomic E-state index is 13.3. The van der Waals surface area contributed by atoms with Crippen LogP contribution in [0, 0.1) is 5.82 Å². The third-order valence-corrected chi connectivity index (χ3v) is 2.26. The van der Waals surface area contributed by atoms with Crippen molar-refractivity contribution in [3.63, 3.8) is 0 Å². The minimum Gasteiger partial charge on any atom is -0.302 e. The maximum Gasteiger partial charge on any atom is 0.253 e. The van der Waals surface area contributed by atoms with Gasteiger partial charge in [-0.1, -0.05) is 18.2 Å². The molecule has 0 aliphatic heterocycles. The average molecular weight is 217 g/mol. The normalized spacial score (nSPS) is 15.3. The van der Waals surface area contributed by atoms with Crippen molar-refractivity contribution in [2.24, 2.45) is 0 Å². The predicted octanol–water partition coefficient (Wildman–Crippen LogP) is 3.13. The van der Waals surface area contributed by atoms with Gasteiger partial charge in [0.25, 0.3) is 6.43 Å². The summed E-state index contributed by atoms with van der Waals surface area (Å²) < 4.78 is 37.8. The molecule has 0 bridgehead atoms. The molecule has 0 saturated heterocycles. The molecule has 1 aromatic rings. The van der Waals surface area contributed by atoms with Crippen molar-refractivity contribution in [1.82, 2.24) is 5.32 Å². The van der Waals surface area contributed by atoms with E-state index in [2.05, 4.69) is 5.32 Å². The molecular formula is C11H14F3N. The van der Waals surface area contributed by atoms with Gasteiger partial charge in [0.15, 0.2) is 0 Å². The largest absolute Gasteiger partial charge is 0.302 e. The Hall–Kier alpha value is -1.03. The summed E-state index contributed by atoms with van der Waals surface area (Å²) in [4.78, 5) is 0. The van der Waals surface area contributed by atoms with E-state index >= 15 is 0 Å². The number of halogens is 3. The highest BCUT2D eigenvalue weighted by Gasteiger charge is 2.18. The third-order valence-electron chi connectivity index (χ3n) is 2.26. The molecular weight excluding hydrogens is 203 g/mol. The van der Waals surface area contributed by atoms with Gasteiger partial charge in [-0.15, -0.1) is 0 Å². The predicted molar refractivity (Wildman–Crippen MR) is 53.4 cm³/mol. The van der Waals surface area contributed by atoms with Crippen LogP contribution in [0.3, 0.4) is 0 Å². The molecule has 1 rings (SSSR count). The van der Waals surface area contributed by atoms with E-state index in [4.69, 9.17) is 0 Å². The van der Waals surface area contributed by atoms with Crippen LogP contribution in [0.25, 0.3) is 0 Å². The van der Waals surface area contributed by atoms with Crippen LogP contribution < -0.4 is 5.32 Å². The van der Waals surface area contributed by atoms with E-state index in [9.17, 15) is 13.2 Å². The van der Waals surface area contributed by atoms with Gasteiger partial charge in [-0.05, 0) is 19.9 Å². The second kappa shape index (κ2) is 5.16. The Morgan fingerprint density at radius 3 is 2.27 bits per heavy atom. The summed E-state index contributed by atoms with van der Waals surface area (Å²) in [5, 5.41) is 2.65. The summed E-state index contributed by atoms with van der Waals surface area (Å²) in [6.07, 6.45) is -2.45. The van der Waals surface area contributed by atoms with Gasteiger partial charge in [-0.2, -0.15) is 0 Å².